The van der Waals surface area contributed by atoms with Crippen LogP contribution in [0.15, 0.2) is 24.3 Å². The quantitative estimate of drug-likeness (QED) is 0.619. The van der Waals surface area contributed by atoms with E-state index < -0.39 is 11.6 Å². The fraction of sp³-hybridized carbons (Fsp3) is 0.400. The number of benzene rings is 1. The van der Waals surface area contributed by atoms with Crippen molar-refractivity contribution < 1.29 is 19.0 Å². The molecule has 0 radical (unpaired) electrons. The molecule has 0 aliphatic heterocycles. The topological polar surface area (TPSA) is 44.8 Å². The minimum Gasteiger partial charge on any atom is -0.497 e. The highest BCUT2D eigenvalue weighted by atomic mass is 16.6. The van der Waals surface area contributed by atoms with Gasteiger partial charge in [0.2, 0.25) is 0 Å². The largest absolute Gasteiger partial charge is 0.497 e. The molecule has 1 rings (SSSR count). The molecular formula is C15H20O4. The van der Waals surface area contributed by atoms with Crippen LogP contribution < -0.4 is 9.47 Å². The van der Waals surface area contributed by atoms with Crippen molar-refractivity contribution in [1.82, 2.24) is 0 Å². The Morgan fingerprint density at radius 1 is 1.16 bits per heavy atom. The summed E-state index contributed by atoms with van der Waals surface area (Å²) in [5.74, 6) is 0.975. The van der Waals surface area contributed by atoms with Crippen molar-refractivity contribution in [3.05, 3.63) is 29.8 Å². The maximum Gasteiger partial charge on any atom is 0.331 e. The standard InChI is InChI=1S/C15H20O4/c1-15(2,3)19-14(16)9-6-11-10-12(17-4)7-8-13(11)18-5/h6-10H,1-5H3. The smallest absolute Gasteiger partial charge is 0.331 e. The third-order valence-electron chi connectivity index (χ3n) is 2.24. The van der Waals surface area contributed by atoms with E-state index in [2.05, 4.69) is 0 Å². The van der Waals surface area contributed by atoms with E-state index in [0.29, 0.717) is 11.5 Å². The van der Waals surface area contributed by atoms with Gasteiger partial charge in [0.1, 0.15) is 17.1 Å². The molecule has 1 aromatic carbocycles. The van der Waals surface area contributed by atoms with Crippen LogP contribution in [0.4, 0.5) is 0 Å². The summed E-state index contributed by atoms with van der Waals surface area (Å²) in [7, 11) is 3.16. The number of methoxy groups -OCH3 is 2. The summed E-state index contributed by atoms with van der Waals surface area (Å²) in [5, 5.41) is 0. The van der Waals surface area contributed by atoms with Crippen molar-refractivity contribution in [3.63, 3.8) is 0 Å². The van der Waals surface area contributed by atoms with Gasteiger partial charge in [0, 0.05) is 11.6 Å². The van der Waals surface area contributed by atoms with E-state index in [1.54, 1.807) is 38.5 Å². The predicted octanol–water partition coefficient (Wildman–Crippen LogP) is 3.06. The van der Waals surface area contributed by atoms with E-state index in [4.69, 9.17) is 14.2 Å². The molecule has 1 aromatic rings. The molecule has 0 aliphatic rings. The lowest BCUT2D eigenvalue weighted by Crippen LogP contribution is -2.22. The second kappa shape index (κ2) is 6.27. The predicted molar refractivity (Wildman–Crippen MR) is 74.4 cm³/mol. The highest BCUT2D eigenvalue weighted by Gasteiger charge is 2.14. The molecule has 4 nitrogen and oxygen atoms in total. The Hall–Kier alpha value is -1.97. The SMILES string of the molecule is COc1ccc(OC)c(C=CC(=O)OC(C)(C)C)c1. The van der Waals surface area contributed by atoms with Gasteiger partial charge in [0.25, 0.3) is 0 Å². The molecule has 0 heterocycles. The summed E-state index contributed by atoms with van der Waals surface area (Å²) in [5.41, 5.74) is 0.257. The van der Waals surface area contributed by atoms with Crippen LogP contribution in [-0.2, 0) is 9.53 Å². The van der Waals surface area contributed by atoms with Crippen LogP contribution >= 0.6 is 0 Å². The van der Waals surface area contributed by atoms with Gasteiger partial charge < -0.3 is 14.2 Å². The van der Waals surface area contributed by atoms with Crippen LogP contribution in [0.2, 0.25) is 0 Å². The number of hydrogen-bond donors (Lipinski definition) is 0. The Balaban J connectivity index is 2.88. The fourth-order valence-corrected chi connectivity index (χ4v) is 1.46. The lowest BCUT2D eigenvalue weighted by atomic mass is 10.1. The monoisotopic (exact) mass is 264 g/mol. The van der Waals surface area contributed by atoms with E-state index in [1.165, 1.54) is 6.08 Å². The average molecular weight is 264 g/mol. The van der Waals surface area contributed by atoms with E-state index in [9.17, 15) is 4.79 Å². The number of rotatable bonds is 4. The first-order valence-corrected chi connectivity index (χ1v) is 5.99. The summed E-state index contributed by atoms with van der Waals surface area (Å²) in [6, 6.07) is 5.37. The van der Waals surface area contributed by atoms with Crippen LogP contribution in [-0.4, -0.2) is 25.8 Å². The zero-order chi connectivity index (χ0) is 14.5. The van der Waals surface area contributed by atoms with Crippen LogP contribution in [0.1, 0.15) is 26.3 Å². The van der Waals surface area contributed by atoms with E-state index in [0.717, 1.165) is 5.56 Å². The maximum absolute atomic E-state index is 11.6. The molecule has 0 N–H and O–H groups in total. The summed E-state index contributed by atoms with van der Waals surface area (Å²) >= 11 is 0. The molecule has 0 aliphatic carbocycles. The van der Waals surface area contributed by atoms with Gasteiger partial charge in [0.15, 0.2) is 0 Å². The molecule has 0 saturated heterocycles. The minimum atomic E-state index is -0.500. The number of ether oxygens (including phenoxy) is 3. The highest BCUT2D eigenvalue weighted by Crippen LogP contribution is 2.25. The van der Waals surface area contributed by atoms with Gasteiger partial charge in [-0.15, -0.1) is 0 Å². The molecule has 0 bridgehead atoms. The van der Waals surface area contributed by atoms with E-state index in [1.807, 2.05) is 20.8 Å². The zero-order valence-corrected chi connectivity index (χ0v) is 12.0. The molecule has 4 heteroatoms. The lowest BCUT2D eigenvalue weighted by Gasteiger charge is -2.18. The third-order valence-corrected chi connectivity index (χ3v) is 2.24. The van der Waals surface area contributed by atoms with E-state index in [-0.39, 0.29) is 0 Å². The van der Waals surface area contributed by atoms with Gasteiger partial charge in [-0.1, -0.05) is 0 Å². The van der Waals surface area contributed by atoms with Crippen molar-refractivity contribution in [2.24, 2.45) is 0 Å². The Bertz CT molecular complexity index is 470. The second-order valence-electron chi connectivity index (χ2n) is 4.97. The Morgan fingerprint density at radius 2 is 1.84 bits per heavy atom. The molecule has 0 amide bonds. The highest BCUT2D eigenvalue weighted by molar-refractivity contribution is 5.88. The number of esters is 1. The third kappa shape index (κ3) is 5.04. The first-order valence-electron chi connectivity index (χ1n) is 5.99. The molecule has 0 unspecified atom stereocenters. The van der Waals surface area contributed by atoms with Crippen LogP contribution in [0.5, 0.6) is 11.5 Å². The second-order valence-corrected chi connectivity index (χ2v) is 4.97. The molecule has 0 aromatic heterocycles. The van der Waals surface area contributed by atoms with Gasteiger partial charge in [-0.3, -0.25) is 0 Å². The summed E-state index contributed by atoms with van der Waals surface area (Å²) in [6.45, 7) is 5.47. The van der Waals surface area contributed by atoms with Gasteiger partial charge in [-0.05, 0) is 45.0 Å². The van der Waals surface area contributed by atoms with Gasteiger partial charge >= 0.3 is 5.97 Å². The van der Waals surface area contributed by atoms with E-state index >= 15 is 0 Å². The van der Waals surface area contributed by atoms with Crippen LogP contribution in [0.25, 0.3) is 6.08 Å². The molecule has 0 fully saturated rings. The first kappa shape index (κ1) is 15.1. The average Bonchev–Trinajstić information content (AvgIpc) is 2.33. The molecular weight excluding hydrogens is 244 g/mol. The fourth-order valence-electron chi connectivity index (χ4n) is 1.46. The molecule has 0 saturated carbocycles. The van der Waals surface area contributed by atoms with Crippen LogP contribution in [0.3, 0.4) is 0 Å². The normalized spacial score (nSPS) is 11.4. The number of carbonyl (C=O) groups is 1. The summed E-state index contributed by atoms with van der Waals surface area (Å²) < 4.78 is 15.5. The molecule has 0 spiro atoms. The molecule has 104 valence electrons. The van der Waals surface area contributed by atoms with Gasteiger partial charge in [0.05, 0.1) is 14.2 Å². The van der Waals surface area contributed by atoms with Crippen molar-refractivity contribution in [1.29, 1.82) is 0 Å². The minimum absolute atomic E-state index is 0.391. The maximum atomic E-state index is 11.6. The zero-order valence-electron chi connectivity index (χ0n) is 12.0. The van der Waals surface area contributed by atoms with Crippen molar-refractivity contribution in [2.75, 3.05) is 14.2 Å². The lowest BCUT2D eigenvalue weighted by molar-refractivity contribution is -0.148. The molecule has 0 atom stereocenters. The summed E-state index contributed by atoms with van der Waals surface area (Å²) in [6.07, 6.45) is 3.03. The Labute approximate surface area is 114 Å². The van der Waals surface area contributed by atoms with Crippen molar-refractivity contribution in [3.8, 4) is 11.5 Å². The molecule has 19 heavy (non-hydrogen) atoms. The van der Waals surface area contributed by atoms with Crippen molar-refractivity contribution in [2.45, 2.75) is 26.4 Å². The van der Waals surface area contributed by atoms with Crippen molar-refractivity contribution >= 4 is 12.0 Å². The number of carbonyl (C=O) groups excluding carboxylic acids is 1. The van der Waals surface area contributed by atoms with Crippen LogP contribution in [0, 0.1) is 0 Å². The number of hydrogen-bond acceptors (Lipinski definition) is 4. The Kier molecular flexibility index (Phi) is 4.98. The first-order chi connectivity index (χ1) is 8.85. The Morgan fingerprint density at radius 3 is 2.37 bits per heavy atom. The summed E-state index contributed by atoms with van der Waals surface area (Å²) in [4.78, 5) is 11.6. The van der Waals surface area contributed by atoms with Gasteiger partial charge in [-0.25, -0.2) is 4.79 Å². The van der Waals surface area contributed by atoms with Gasteiger partial charge in [-0.2, -0.15) is 0 Å².